The highest BCUT2D eigenvalue weighted by atomic mass is 35.5. The second-order valence-electron chi connectivity index (χ2n) is 4.86. The largest absolute Gasteiger partial charge is 0.295 e. The van der Waals surface area contributed by atoms with Crippen LogP contribution in [0.5, 0.6) is 0 Å². The lowest BCUT2D eigenvalue weighted by atomic mass is 10.2. The highest BCUT2D eigenvalue weighted by Gasteiger charge is 2.10. The van der Waals surface area contributed by atoms with Crippen molar-refractivity contribution in [2.24, 2.45) is 0 Å². The molecular weight excluding hydrogens is 329 g/mol. The SMILES string of the molecule is CN(Cc1ccc(Cl)c(Cl)c1)Cn1cc([N+](=O)[O-])ccc1=O. The van der Waals surface area contributed by atoms with E-state index in [-0.39, 0.29) is 17.9 Å². The second kappa shape index (κ2) is 6.91. The predicted molar refractivity (Wildman–Crippen MR) is 85.3 cm³/mol. The van der Waals surface area contributed by atoms with E-state index in [2.05, 4.69) is 0 Å². The molecule has 22 heavy (non-hydrogen) atoms. The summed E-state index contributed by atoms with van der Waals surface area (Å²) in [5.74, 6) is 0. The molecule has 1 aromatic carbocycles. The van der Waals surface area contributed by atoms with Gasteiger partial charge in [0.1, 0.15) is 0 Å². The number of nitro groups is 1. The van der Waals surface area contributed by atoms with Gasteiger partial charge < -0.3 is 0 Å². The molecule has 0 fully saturated rings. The van der Waals surface area contributed by atoms with Gasteiger partial charge in [-0.1, -0.05) is 29.3 Å². The van der Waals surface area contributed by atoms with Crippen molar-refractivity contribution in [3.63, 3.8) is 0 Å². The summed E-state index contributed by atoms with van der Waals surface area (Å²) in [5.41, 5.74) is 0.504. The molecule has 0 amide bonds. The smallest absolute Gasteiger partial charge is 0.285 e. The maximum atomic E-state index is 11.8. The number of benzene rings is 1. The molecule has 0 saturated carbocycles. The van der Waals surface area contributed by atoms with Crippen LogP contribution in [0.25, 0.3) is 0 Å². The summed E-state index contributed by atoms with van der Waals surface area (Å²) in [6, 6.07) is 7.66. The van der Waals surface area contributed by atoms with Crippen molar-refractivity contribution in [3.05, 3.63) is 72.6 Å². The average Bonchev–Trinajstić information content (AvgIpc) is 2.45. The Balaban J connectivity index is 2.13. The number of pyridine rings is 1. The zero-order valence-corrected chi connectivity index (χ0v) is 13.2. The maximum Gasteiger partial charge on any atom is 0.285 e. The van der Waals surface area contributed by atoms with Gasteiger partial charge in [0.2, 0.25) is 0 Å². The van der Waals surface area contributed by atoms with E-state index in [0.717, 1.165) is 5.56 Å². The molecular formula is C14H13Cl2N3O3. The molecule has 0 N–H and O–H groups in total. The molecule has 0 aliphatic carbocycles. The molecule has 0 aliphatic rings. The summed E-state index contributed by atoms with van der Waals surface area (Å²) >= 11 is 11.8. The van der Waals surface area contributed by atoms with Crippen LogP contribution in [-0.2, 0) is 13.2 Å². The van der Waals surface area contributed by atoms with Crippen molar-refractivity contribution >= 4 is 28.9 Å². The highest BCUT2D eigenvalue weighted by Crippen LogP contribution is 2.23. The average molecular weight is 342 g/mol. The summed E-state index contributed by atoms with van der Waals surface area (Å²) in [4.78, 5) is 23.8. The molecule has 0 spiro atoms. The lowest BCUT2D eigenvalue weighted by Gasteiger charge is -2.18. The molecule has 0 unspecified atom stereocenters. The Morgan fingerprint density at radius 3 is 2.59 bits per heavy atom. The quantitative estimate of drug-likeness (QED) is 0.618. The third-order valence-electron chi connectivity index (χ3n) is 3.01. The van der Waals surface area contributed by atoms with E-state index in [9.17, 15) is 14.9 Å². The maximum absolute atomic E-state index is 11.8. The zero-order valence-electron chi connectivity index (χ0n) is 11.7. The third-order valence-corrected chi connectivity index (χ3v) is 3.75. The first-order valence-corrected chi connectivity index (χ1v) is 7.10. The molecule has 1 aromatic heterocycles. The third kappa shape index (κ3) is 4.07. The summed E-state index contributed by atoms with van der Waals surface area (Å²) < 4.78 is 1.29. The van der Waals surface area contributed by atoms with Crippen molar-refractivity contribution in [1.82, 2.24) is 9.47 Å². The van der Waals surface area contributed by atoms with Crippen molar-refractivity contribution in [2.75, 3.05) is 7.05 Å². The van der Waals surface area contributed by atoms with Crippen LogP contribution in [-0.4, -0.2) is 21.4 Å². The minimum absolute atomic E-state index is 0.123. The molecule has 0 saturated heterocycles. The number of hydrogen-bond donors (Lipinski definition) is 0. The van der Waals surface area contributed by atoms with Crippen molar-refractivity contribution in [2.45, 2.75) is 13.2 Å². The fourth-order valence-electron chi connectivity index (χ4n) is 2.00. The Morgan fingerprint density at radius 2 is 1.95 bits per heavy atom. The van der Waals surface area contributed by atoms with Gasteiger partial charge >= 0.3 is 0 Å². The van der Waals surface area contributed by atoms with E-state index in [4.69, 9.17) is 23.2 Å². The van der Waals surface area contributed by atoms with Gasteiger partial charge in [0.15, 0.2) is 0 Å². The second-order valence-corrected chi connectivity index (χ2v) is 5.67. The Hall–Kier alpha value is -1.89. The summed E-state index contributed by atoms with van der Waals surface area (Å²) in [7, 11) is 1.80. The van der Waals surface area contributed by atoms with Crippen LogP contribution in [0, 0.1) is 10.1 Å². The van der Waals surface area contributed by atoms with Crippen molar-refractivity contribution < 1.29 is 4.92 Å². The summed E-state index contributed by atoms with van der Waals surface area (Å²) in [6.07, 6.45) is 1.23. The minimum atomic E-state index is -0.533. The van der Waals surface area contributed by atoms with Gasteiger partial charge in [0, 0.05) is 18.7 Å². The van der Waals surface area contributed by atoms with Crippen LogP contribution >= 0.6 is 23.2 Å². The number of nitrogens with zero attached hydrogens (tertiary/aromatic N) is 3. The van der Waals surface area contributed by atoms with E-state index in [1.54, 1.807) is 19.2 Å². The van der Waals surface area contributed by atoms with Crippen LogP contribution in [0.3, 0.4) is 0 Å². The molecule has 1 heterocycles. The molecule has 0 bridgehead atoms. The first kappa shape index (κ1) is 16.5. The Morgan fingerprint density at radius 1 is 1.23 bits per heavy atom. The molecule has 2 aromatic rings. The minimum Gasteiger partial charge on any atom is -0.295 e. The Bertz CT molecular complexity index is 761. The number of rotatable bonds is 5. The van der Waals surface area contributed by atoms with E-state index in [0.29, 0.717) is 16.6 Å². The van der Waals surface area contributed by atoms with Crippen LogP contribution in [0.4, 0.5) is 5.69 Å². The number of hydrogen-bond acceptors (Lipinski definition) is 4. The van der Waals surface area contributed by atoms with E-state index in [1.165, 1.54) is 22.9 Å². The van der Waals surface area contributed by atoms with Gasteiger partial charge in [0.05, 0.1) is 27.8 Å². The molecule has 0 radical (unpaired) electrons. The molecule has 0 aliphatic heterocycles. The van der Waals surface area contributed by atoms with Gasteiger partial charge in [-0.3, -0.25) is 24.4 Å². The Kier molecular flexibility index (Phi) is 5.18. The summed E-state index contributed by atoms with van der Waals surface area (Å²) in [5, 5.41) is 11.7. The van der Waals surface area contributed by atoms with E-state index in [1.807, 2.05) is 11.0 Å². The van der Waals surface area contributed by atoms with Crippen LogP contribution in [0.15, 0.2) is 41.3 Å². The topological polar surface area (TPSA) is 68.4 Å². The van der Waals surface area contributed by atoms with Crippen LogP contribution in [0.2, 0.25) is 10.0 Å². The van der Waals surface area contributed by atoms with Gasteiger partial charge in [0.25, 0.3) is 11.2 Å². The highest BCUT2D eigenvalue weighted by molar-refractivity contribution is 6.42. The van der Waals surface area contributed by atoms with E-state index < -0.39 is 4.92 Å². The number of aromatic nitrogens is 1. The number of halogens is 2. The Labute approximate surface area is 136 Å². The van der Waals surface area contributed by atoms with Crippen LogP contribution < -0.4 is 5.56 Å². The van der Waals surface area contributed by atoms with Crippen LogP contribution in [0.1, 0.15) is 5.56 Å². The normalized spacial score (nSPS) is 10.9. The lowest BCUT2D eigenvalue weighted by molar-refractivity contribution is -0.385. The molecule has 116 valence electrons. The van der Waals surface area contributed by atoms with Gasteiger partial charge in [-0.05, 0) is 24.7 Å². The van der Waals surface area contributed by atoms with Crippen molar-refractivity contribution in [3.8, 4) is 0 Å². The first-order chi connectivity index (χ1) is 10.4. The molecule has 8 heteroatoms. The van der Waals surface area contributed by atoms with Gasteiger partial charge in [-0.2, -0.15) is 0 Å². The molecule has 6 nitrogen and oxygen atoms in total. The van der Waals surface area contributed by atoms with Gasteiger partial charge in [-0.15, -0.1) is 0 Å². The van der Waals surface area contributed by atoms with Crippen molar-refractivity contribution in [1.29, 1.82) is 0 Å². The monoisotopic (exact) mass is 341 g/mol. The molecule has 0 atom stereocenters. The zero-order chi connectivity index (χ0) is 16.3. The summed E-state index contributed by atoms with van der Waals surface area (Å²) in [6.45, 7) is 0.743. The van der Waals surface area contributed by atoms with E-state index >= 15 is 0 Å². The first-order valence-electron chi connectivity index (χ1n) is 6.34. The standard InChI is InChI=1S/C14H13Cl2N3O3/c1-17(7-10-2-4-12(15)13(16)6-10)9-18-8-11(19(21)22)3-5-14(18)20/h2-6,8H,7,9H2,1H3. The fourth-order valence-corrected chi connectivity index (χ4v) is 2.32. The predicted octanol–water partition coefficient (Wildman–Crippen LogP) is 3.15. The molecule has 2 rings (SSSR count). The van der Waals surface area contributed by atoms with Gasteiger partial charge in [-0.25, -0.2) is 0 Å². The fraction of sp³-hybridized carbons (Fsp3) is 0.214. The lowest BCUT2D eigenvalue weighted by Crippen LogP contribution is -2.29.